The molecule has 2 aromatic carbocycles. The van der Waals surface area contributed by atoms with Gasteiger partial charge in [0.25, 0.3) is 5.91 Å². The third-order valence-electron chi connectivity index (χ3n) is 2.81. The van der Waals surface area contributed by atoms with Crippen LogP contribution >= 0.6 is 11.6 Å². The van der Waals surface area contributed by atoms with E-state index in [0.717, 1.165) is 0 Å². The fraction of sp³-hybridized carbons (Fsp3) is 0.0667. The molecule has 114 valence electrons. The van der Waals surface area contributed by atoms with Crippen molar-refractivity contribution in [1.29, 1.82) is 0 Å². The summed E-state index contributed by atoms with van der Waals surface area (Å²) in [5, 5.41) is 5.08. The molecular weight excluding hydrogens is 309 g/mol. The Bertz CT molecular complexity index is 732. The van der Waals surface area contributed by atoms with E-state index in [1.807, 2.05) is 0 Å². The zero-order valence-electron chi connectivity index (χ0n) is 11.6. The number of benzene rings is 2. The highest BCUT2D eigenvalue weighted by Crippen LogP contribution is 2.25. The van der Waals surface area contributed by atoms with Gasteiger partial charge in [-0.1, -0.05) is 11.6 Å². The molecule has 4 N–H and O–H groups in total. The zero-order chi connectivity index (χ0) is 16.3. The Balaban J connectivity index is 2.19. The van der Waals surface area contributed by atoms with Gasteiger partial charge in [-0.05, 0) is 36.4 Å². The Hall–Kier alpha value is -2.60. The standard InChI is InChI=1S/C15H13ClFN3O2/c1-8(21)19-9-2-4-10(5-3-9)20-15(22)13-11(16)6-7-12(18)14(13)17/h2-7H,18H2,1H3,(H,19,21)(H,20,22). The van der Waals surface area contributed by atoms with Crippen molar-refractivity contribution in [3.05, 3.63) is 52.8 Å². The second kappa shape index (κ2) is 6.44. The van der Waals surface area contributed by atoms with E-state index < -0.39 is 11.7 Å². The topological polar surface area (TPSA) is 84.2 Å². The summed E-state index contributed by atoms with van der Waals surface area (Å²) in [4.78, 5) is 23.0. The Labute approximate surface area is 131 Å². The van der Waals surface area contributed by atoms with Crippen molar-refractivity contribution < 1.29 is 14.0 Å². The number of nitrogen functional groups attached to an aromatic ring is 1. The molecule has 2 amide bonds. The van der Waals surface area contributed by atoms with E-state index in [4.69, 9.17) is 17.3 Å². The van der Waals surface area contributed by atoms with E-state index in [1.165, 1.54) is 19.1 Å². The number of halogens is 2. The van der Waals surface area contributed by atoms with Crippen LogP contribution in [-0.4, -0.2) is 11.8 Å². The number of nitrogens with one attached hydrogen (secondary N) is 2. The number of hydrogen-bond acceptors (Lipinski definition) is 3. The van der Waals surface area contributed by atoms with E-state index >= 15 is 0 Å². The molecule has 0 saturated heterocycles. The van der Waals surface area contributed by atoms with Crippen LogP contribution < -0.4 is 16.4 Å². The Morgan fingerprint density at radius 3 is 2.14 bits per heavy atom. The number of amides is 2. The first-order chi connectivity index (χ1) is 10.4. The molecule has 2 aromatic rings. The molecule has 22 heavy (non-hydrogen) atoms. The van der Waals surface area contributed by atoms with Crippen molar-refractivity contribution in [2.75, 3.05) is 16.4 Å². The first kappa shape index (κ1) is 15.8. The predicted octanol–water partition coefficient (Wildman–Crippen LogP) is 3.27. The van der Waals surface area contributed by atoms with Crippen LogP contribution in [0.15, 0.2) is 36.4 Å². The highest BCUT2D eigenvalue weighted by Gasteiger charge is 2.18. The van der Waals surface area contributed by atoms with E-state index in [9.17, 15) is 14.0 Å². The van der Waals surface area contributed by atoms with E-state index in [2.05, 4.69) is 10.6 Å². The fourth-order valence-electron chi connectivity index (χ4n) is 1.81. The summed E-state index contributed by atoms with van der Waals surface area (Å²) in [5.74, 6) is -1.77. The average Bonchev–Trinajstić information content (AvgIpc) is 2.45. The molecule has 0 atom stereocenters. The lowest BCUT2D eigenvalue weighted by Crippen LogP contribution is -2.15. The van der Waals surface area contributed by atoms with E-state index in [1.54, 1.807) is 24.3 Å². The quantitative estimate of drug-likeness (QED) is 0.758. The van der Waals surface area contributed by atoms with Crippen LogP contribution in [0.2, 0.25) is 5.02 Å². The predicted molar refractivity (Wildman–Crippen MR) is 84.5 cm³/mol. The van der Waals surface area contributed by atoms with Crippen molar-refractivity contribution >= 4 is 40.5 Å². The first-order valence-corrected chi connectivity index (χ1v) is 6.68. The molecule has 0 fully saturated rings. The highest BCUT2D eigenvalue weighted by atomic mass is 35.5. The Morgan fingerprint density at radius 2 is 1.59 bits per heavy atom. The zero-order valence-corrected chi connectivity index (χ0v) is 12.4. The van der Waals surface area contributed by atoms with Crippen molar-refractivity contribution in [3.8, 4) is 0 Å². The lowest BCUT2D eigenvalue weighted by molar-refractivity contribution is -0.114. The molecule has 0 aromatic heterocycles. The van der Waals surface area contributed by atoms with Crippen molar-refractivity contribution in [2.24, 2.45) is 0 Å². The summed E-state index contributed by atoms with van der Waals surface area (Å²) in [6.07, 6.45) is 0. The molecule has 0 aliphatic carbocycles. The largest absolute Gasteiger partial charge is 0.396 e. The molecule has 0 aliphatic rings. The molecule has 2 rings (SSSR count). The molecule has 0 spiro atoms. The lowest BCUT2D eigenvalue weighted by Gasteiger charge is -2.10. The normalized spacial score (nSPS) is 10.1. The summed E-state index contributed by atoms with van der Waals surface area (Å²) >= 11 is 5.84. The monoisotopic (exact) mass is 321 g/mol. The molecule has 0 unspecified atom stereocenters. The van der Waals surface area contributed by atoms with Gasteiger partial charge in [0, 0.05) is 18.3 Å². The fourth-order valence-corrected chi connectivity index (χ4v) is 2.04. The number of nitrogens with two attached hydrogens (primary N) is 1. The molecule has 0 aliphatic heterocycles. The minimum absolute atomic E-state index is 0.0286. The van der Waals surface area contributed by atoms with Crippen LogP contribution in [0.25, 0.3) is 0 Å². The van der Waals surface area contributed by atoms with Crippen LogP contribution in [0.4, 0.5) is 21.5 Å². The summed E-state index contributed by atoms with van der Waals surface area (Å²) < 4.78 is 13.9. The summed E-state index contributed by atoms with van der Waals surface area (Å²) in [7, 11) is 0. The van der Waals surface area contributed by atoms with Gasteiger partial charge >= 0.3 is 0 Å². The van der Waals surface area contributed by atoms with E-state index in [0.29, 0.717) is 11.4 Å². The lowest BCUT2D eigenvalue weighted by atomic mass is 10.1. The van der Waals surface area contributed by atoms with Crippen LogP contribution in [0.3, 0.4) is 0 Å². The molecule has 5 nitrogen and oxygen atoms in total. The maximum absolute atomic E-state index is 13.9. The van der Waals surface area contributed by atoms with Crippen molar-refractivity contribution in [1.82, 2.24) is 0 Å². The van der Waals surface area contributed by atoms with Gasteiger partial charge in [-0.15, -0.1) is 0 Å². The number of hydrogen-bond donors (Lipinski definition) is 3. The van der Waals surface area contributed by atoms with Crippen LogP contribution in [0.5, 0.6) is 0 Å². The van der Waals surface area contributed by atoms with Crippen molar-refractivity contribution in [2.45, 2.75) is 6.92 Å². The van der Waals surface area contributed by atoms with Crippen LogP contribution in [-0.2, 0) is 4.79 Å². The summed E-state index contributed by atoms with van der Waals surface area (Å²) in [6.45, 7) is 1.39. The van der Waals surface area contributed by atoms with Gasteiger partial charge in [-0.2, -0.15) is 0 Å². The molecule has 7 heteroatoms. The van der Waals surface area contributed by atoms with Crippen LogP contribution in [0.1, 0.15) is 17.3 Å². The molecular formula is C15H13ClFN3O2. The SMILES string of the molecule is CC(=O)Nc1ccc(NC(=O)c2c(Cl)ccc(N)c2F)cc1. The Morgan fingerprint density at radius 1 is 1.05 bits per heavy atom. The maximum Gasteiger partial charge on any atom is 0.260 e. The third kappa shape index (κ3) is 3.53. The second-order valence-electron chi connectivity index (χ2n) is 4.54. The van der Waals surface area contributed by atoms with Gasteiger partial charge in [0.1, 0.15) is 0 Å². The van der Waals surface area contributed by atoms with Gasteiger partial charge in [0.2, 0.25) is 5.91 Å². The minimum atomic E-state index is -0.861. The number of carbonyl (C=O) groups excluding carboxylic acids is 2. The van der Waals surface area contributed by atoms with Gasteiger partial charge in [-0.25, -0.2) is 4.39 Å². The smallest absolute Gasteiger partial charge is 0.260 e. The third-order valence-corrected chi connectivity index (χ3v) is 3.13. The number of rotatable bonds is 3. The van der Waals surface area contributed by atoms with Crippen molar-refractivity contribution in [3.63, 3.8) is 0 Å². The summed E-state index contributed by atoms with van der Waals surface area (Å²) in [6, 6.07) is 9.00. The maximum atomic E-state index is 13.9. The number of carbonyl (C=O) groups is 2. The highest BCUT2D eigenvalue weighted by molar-refractivity contribution is 6.34. The molecule has 0 heterocycles. The Kier molecular flexibility index (Phi) is 4.62. The number of anilines is 3. The molecule has 0 bridgehead atoms. The average molecular weight is 322 g/mol. The molecule has 0 saturated carbocycles. The molecule has 0 radical (unpaired) electrons. The van der Waals surface area contributed by atoms with Gasteiger partial charge in [0.05, 0.1) is 16.3 Å². The van der Waals surface area contributed by atoms with Gasteiger partial charge in [-0.3, -0.25) is 9.59 Å². The second-order valence-corrected chi connectivity index (χ2v) is 4.95. The van der Waals surface area contributed by atoms with Gasteiger partial charge < -0.3 is 16.4 Å². The van der Waals surface area contributed by atoms with Gasteiger partial charge in [0.15, 0.2) is 5.82 Å². The van der Waals surface area contributed by atoms with Crippen LogP contribution in [0, 0.1) is 5.82 Å². The summed E-state index contributed by atoms with van der Waals surface area (Å²) in [5.41, 5.74) is 5.97. The minimum Gasteiger partial charge on any atom is -0.396 e. The first-order valence-electron chi connectivity index (χ1n) is 6.31. The van der Waals surface area contributed by atoms with E-state index in [-0.39, 0.29) is 22.2 Å².